The largest absolute Gasteiger partial charge is 0.494 e. The van der Waals surface area contributed by atoms with Gasteiger partial charge in [0.05, 0.1) is 29.6 Å². The first kappa shape index (κ1) is 20.4. The highest BCUT2D eigenvalue weighted by Crippen LogP contribution is 2.28. The third kappa shape index (κ3) is 4.17. The van der Waals surface area contributed by atoms with E-state index in [0.717, 1.165) is 16.9 Å². The van der Waals surface area contributed by atoms with Crippen LogP contribution in [-0.2, 0) is 17.1 Å². The Morgan fingerprint density at radius 2 is 2.10 bits per heavy atom. The molecule has 2 aromatic carbocycles. The number of halogens is 1. The van der Waals surface area contributed by atoms with E-state index in [-0.39, 0.29) is 18.2 Å². The maximum absolute atomic E-state index is 14.0. The summed E-state index contributed by atoms with van der Waals surface area (Å²) < 4.78 is 20.8. The molecule has 154 valence electrons. The molecule has 30 heavy (non-hydrogen) atoms. The zero-order chi connectivity index (χ0) is 21.1. The molecule has 2 heterocycles. The molecule has 1 N–H and O–H groups in total. The number of ether oxygens (including phenoxy) is 1. The summed E-state index contributed by atoms with van der Waals surface area (Å²) in [6.07, 6.45) is 2.00. The Balaban J connectivity index is 1.51. The fraction of sp³-hybridized carbons (Fsp3) is 0.190. The average molecular weight is 443 g/mol. The van der Waals surface area contributed by atoms with E-state index in [9.17, 15) is 9.18 Å². The molecule has 0 atom stereocenters. The van der Waals surface area contributed by atoms with E-state index in [1.54, 1.807) is 29.3 Å². The number of fused-ring (bicyclic) bond motifs is 1. The van der Waals surface area contributed by atoms with Crippen molar-refractivity contribution in [3.05, 3.63) is 59.5 Å². The zero-order valence-electron chi connectivity index (χ0n) is 16.4. The second kappa shape index (κ2) is 8.85. The van der Waals surface area contributed by atoms with Gasteiger partial charge in [-0.05, 0) is 36.6 Å². The van der Waals surface area contributed by atoms with Crippen molar-refractivity contribution < 1.29 is 13.9 Å². The smallest absolute Gasteiger partial charge is 0.246 e. The number of aromatic nitrogens is 3. The molecule has 9 heteroatoms. The van der Waals surface area contributed by atoms with Crippen molar-refractivity contribution in [3.8, 4) is 17.0 Å². The number of imidazole rings is 1. The van der Waals surface area contributed by atoms with Crippen molar-refractivity contribution in [2.75, 3.05) is 18.7 Å². The van der Waals surface area contributed by atoms with Crippen LogP contribution in [0.1, 0.15) is 5.82 Å². The van der Waals surface area contributed by atoms with Gasteiger partial charge in [0.25, 0.3) is 0 Å². The number of para-hydroxylation sites is 2. The second-order valence-electron chi connectivity index (χ2n) is 6.47. The lowest BCUT2D eigenvalue weighted by atomic mass is 10.1. The predicted molar refractivity (Wildman–Crippen MR) is 120 cm³/mol. The van der Waals surface area contributed by atoms with Crippen molar-refractivity contribution in [2.24, 2.45) is 0 Å². The van der Waals surface area contributed by atoms with E-state index in [0.29, 0.717) is 22.1 Å². The number of amides is 1. The average Bonchev–Trinajstić information content (AvgIpc) is 3.33. The molecule has 4 rings (SSSR count). The van der Waals surface area contributed by atoms with Crippen molar-refractivity contribution in [1.82, 2.24) is 14.5 Å². The van der Waals surface area contributed by atoms with Crippen LogP contribution in [0.5, 0.6) is 5.75 Å². The molecule has 0 spiro atoms. The summed E-state index contributed by atoms with van der Waals surface area (Å²) in [5.41, 5.74) is 3.00. The number of thiazole rings is 1. The fourth-order valence-electron chi connectivity index (χ4n) is 3.13. The normalized spacial score (nSPS) is 11.0. The standard InChI is InChI=1S/C21H19FN4O2S2/c1-28-18-8-7-13(9-14(18)22)16-11-30-21(24-16)25-20(27)10-26-17-6-4-3-5-15(17)23-19(26)12-29-2/h3-9,11H,10,12H2,1-2H3,(H,24,25,27). The van der Waals surface area contributed by atoms with Crippen molar-refractivity contribution in [1.29, 1.82) is 0 Å². The SMILES string of the molecule is COc1ccc(-c2csc(NC(=O)Cn3c(CSC)nc4ccccc43)n2)cc1F. The van der Waals surface area contributed by atoms with Crippen LogP contribution in [0.4, 0.5) is 9.52 Å². The summed E-state index contributed by atoms with van der Waals surface area (Å²) >= 11 is 2.95. The molecule has 1 amide bonds. The van der Waals surface area contributed by atoms with Gasteiger partial charge in [-0.1, -0.05) is 12.1 Å². The number of methoxy groups -OCH3 is 1. The van der Waals surface area contributed by atoms with Gasteiger partial charge in [-0.2, -0.15) is 11.8 Å². The van der Waals surface area contributed by atoms with Crippen molar-refractivity contribution >= 4 is 45.2 Å². The number of hydrogen-bond donors (Lipinski definition) is 1. The monoisotopic (exact) mass is 442 g/mol. The van der Waals surface area contributed by atoms with Crippen LogP contribution in [0.2, 0.25) is 0 Å². The topological polar surface area (TPSA) is 69.0 Å². The van der Waals surface area contributed by atoms with Crippen molar-refractivity contribution in [2.45, 2.75) is 12.3 Å². The molecule has 0 unspecified atom stereocenters. The van der Waals surface area contributed by atoms with Gasteiger partial charge in [0.1, 0.15) is 12.4 Å². The Hall–Kier alpha value is -2.91. The maximum atomic E-state index is 14.0. The number of benzene rings is 2. The van der Waals surface area contributed by atoms with Crippen LogP contribution in [0.15, 0.2) is 47.8 Å². The molecule has 0 aliphatic heterocycles. The molecular formula is C21H19FN4O2S2. The lowest BCUT2D eigenvalue weighted by molar-refractivity contribution is -0.116. The number of anilines is 1. The molecule has 0 aliphatic carbocycles. The number of hydrogen-bond acceptors (Lipinski definition) is 6. The summed E-state index contributed by atoms with van der Waals surface area (Å²) in [6, 6.07) is 12.4. The lowest BCUT2D eigenvalue weighted by Gasteiger charge is -2.08. The van der Waals surface area contributed by atoms with Crippen LogP contribution in [0, 0.1) is 5.82 Å². The Bertz CT molecular complexity index is 1200. The zero-order valence-corrected chi connectivity index (χ0v) is 18.0. The summed E-state index contributed by atoms with van der Waals surface area (Å²) in [5.74, 6) is 1.10. The van der Waals surface area contributed by atoms with Gasteiger partial charge in [0, 0.05) is 10.9 Å². The van der Waals surface area contributed by atoms with Crippen molar-refractivity contribution in [3.63, 3.8) is 0 Å². The maximum Gasteiger partial charge on any atom is 0.246 e. The third-order valence-corrected chi connectivity index (χ3v) is 5.81. The second-order valence-corrected chi connectivity index (χ2v) is 8.20. The van der Waals surface area contributed by atoms with Gasteiger partial charge in [-0.25, -0.2) is 14.4 Å². The molecular weight excluding hydrogens is 423 g/mol. The molecule has 0 radical (unpaired) electrons. The number of carbonyl (C=O) groups excluding carboxylic acids is 1. The van der Waals surface area contributed by atoms with Crippen LogP contribution < -0.4 is 10.1 Å². The minimum Gasteiger partial charge on any atom is -0.494 e. The minimum absolute atomic E-state index is 0.141. The quantitative estimate of drug-likeness (QED) is 0.445. The first-order valence-electron chi connectivity index (χ1n) is 9.11. The molecule has 0 saturated carbocycles. The van der Waals surface area contributed by atoms with Gasteiger partial charge < -0.3 is 14.6 Å². The van der Waals surface area contributed by atoms with Gasteiger partial charge in [-0.3, -0.25) is 4.79 Å². The van der Waals surface area contributed by atoms with E-state index >= 15 is 0 Å². The molecule has 0 bridgehead atoms. The third-order valence-electron chi connectivity index (χ3n) is 4.51. The molecule has 0 fully saturated rings. The summed E-state index contributed by atoms with van der Waals surface area (Å²) in [4.78, 5) is 21.7. The van der Waals surface area contributed by atoms with Crippen LogP contribution in [0.25, 0.3) is 22.3 Å². The Labute approximate surface area is 181 Å². The van der Waals surface area contributed by atoms with Gasteiger partial charge in [-0.15, -0.1) is 11.3 Å². The number of thioether (sulfide) groups is 1. The van der Waals surface area contributed by atoms with Gasteiger partial charge in [0.2, 0.25) is 5.91 Å². The minimum atomic E-state index is -0.457. The van der Waals surface area contributed by atoms with E-state index in [4.69, 9.17) is 4.74 Å². The first-order valence-corrected chi connectivity index (χ1v) is 11.4. The highest BCUT2D eigenvalue weighted by molar-refractivity contribution is 7.97. The summed E-state index contributed by atoms with van der Waals surface area (Å²) in [6.45, 7) is 0.141. The molecule has 4 aromatic rings. The van der Waals surface area contributed by atoms with Gasteiger partial charge in [0.15, 0.2) is 16.7 Å². The van der Waals surface area contributed by atoms with E-state index in [2.05, 4.69) is 15.3 Å². The van der Waals surface area contributed by atoms with Crippen LogP contribution in [-0.4, -0.2) is 33.8 Å². The Morgan fingerprint density at radius 1 is 1.27 bits per heavy atom. The number of carbonyl (C=O) groups is 1. The first-order chi connectivity index (χ1) is 14.6. The summed E-state index contributed by atoms with van der Waals surface area (Å²) in [7, 11) is 1.42. The van der Waals surface area contributed by atoms with Crippen LogP contribution >= 0.6 is 23.1 Å². The van der Waals surface area contributed by atoms with E-state index in [1.165, 1.54) is 24.5 Å². The highest BCUT2D eigenvalue weighted by Gasteiger charge is 2.15. The molecule has 6 nitrogen and oxygen atoms in total. The number of nitrogens with one attached hydrogen (secondary N) is 1. The van der Waals surface area contributed by atoms with Crippen LogP contribution in [0.3, 0.4) is 0 Å². The summed E-state index contributed by atoms with van der Waals surface area (Å²) in [5, 5.41) is 5.08. The number of rotatable bonds is 7. The highest BCUT2D eigenvalue weighted by atomic mass is 32.2. The Kier molecular flexibility index (Phi) is 6.01. The van der Waals surface area contributed by atoms with E-state index in [1.807, 2.05) is 35.1 Å². The molecule has 0 aliphatic rings. The van der Waals surface area contributed by atoms with E-state index < -0.39 is 5.82 Å². The number of nitrogens with zero attached hydrogens (tertiary/aromatic N) is 3. The predicted octanol–water partition coefficient (Wildman–Crippen LogP) is 4.81. The lowest BCUT2D eigenvalue weighted by Crippen LogP contribution is -2.20. The fourth-order valence-corrected chi connectivity index (χ4v) is 4.35. The molecule has 0 saturated heterocycles. The Morgan fingerprint density at radius 3 is 2.87 bits per heavy atom. The molecule has 2 aromatic heterocycles. The van der Waals surface area contributed by atoms with Gasteiger partial charge >= 0.3 is 0 Å².